The van der Waals surface area contributed by atoms with Gasteiger partial charge in [0.1, 0.15) is 11.5 Å². The number of aromatic nitrogens is 2. The summed E-state index contributed by atoms with van der Waals surface area (Å²) in [7, 11) is 0. The fourth-order valence-electron chi connectivity index (χ4n) is 1.96. The Hall–Kier alpha value is -1.40. The van der Waals surface area contributed by atoms with Gasteiger partial charge in [-0.15, -0.1) is 12.4 Å². The summed E-state index contributed by atoms with van der Waals surface area (Å²) in [6, 6.07) is 0. The van der Waals surface area contributed by atoms with Crippen LogP contribution in [0.25, 0.3) is 0 Å². The lowest BCUT2D eigenvalue weighted by atomic mass is 9.91. The first-order valence-corrected chi connectivity index (χ1v) is 5.70. The van der Waals surface area contributed by atoms with Gasteiger partial charge in [0.05, 0.1) is 12.4 Å². The smallest absolute Gasteiger partial charge is 0.268 e. The van der Waals surface area contributed by atoms with Crippen molar-refractivity contribution in [2.45, 2.75) is 25.3 Å². The number of halogens is 1. The topological polar surface area (TPSA) is 92.9 Å². The molecule has 7 heteroatoms. The number of rotatable bonds is 3. The molecule has 0 atom stereocenters. The van der Waals surface area contributed by atoms with Gasteiger partial charge >= 0.3 is 0 Å². The molecular formula is C11H18ClN5O. The van der Waals surface area contributed by atoms with Crippen molar-refractivity contribution in [1.29, 1.82) is 0 Å². The number of carbonyl (C=O) groups is 1. The molecule has 0 aliphatic carbocycles. The van der Waals surface area contributed by atoms with E-state index in [4.69, 9.17) is 5.73 Å². The van der Waals surface area contributed by atoms with Gasteiger partial charge in [0.25, 0.3) is 5.91 Å². The lowest BCUT2D eigenvalue weighted by Gasteiger charge is -2.35. The second-order valence-corrected chi connectivity index (χ2v) is 4.59. The molecular weight excluding hydrogens is 254 g/mol. The Balaban J connectivity index is 0.00000162. The summed E-state index contributed by atoms with van der Waals surface area (Å²) in [5, 5.41) is 6.64. The van der Waals surface area contributed by atoms with Crippen LogP contribution in [0.15, 0.2) is 12.4 Å². The van der Waals surface area contributed by atoms with Crippen molar-refractivity contribution in [1.82, 2.24) is 15.3 Å². The number of hydrogen-bond donors (Lipinski definition) is 3. The van der Waals surface area contributed by atoms with E-state index in [1.165, 1.54) is 6.20 Å². The molecule has 1 fully saturated rings. The first-order chi connectivity index (χ1) is 8.09. The first kappa shape index (κ1) is 14.7. The standard InChI is InChI=1S/C11H17N5O.ClH/c1-11(2-4-13-5-3-11)16-9-7-14-6-8(15-9)10(12)17;/h6-7,13H,2-5H2,1H3,(H2,12,17)(H,15,16);1H. The number of piperidine rings is 1. The molecule has 1 aromatic heterocycles. The van der Waals surface area contributed by atoms with E-state index in [2.05, 4.69) is 27.5 Å². The van der Waals surface area contributed by atoms with Crippen LogP contribution in [0.2, 0.25) is 0 Å². The highest BCUT2D eigenvalue weighted by atomic mass is 35.5. The summed E-state index contributed by atoms with van der Waals surface area (Å²) in [4.78, 5) is 19.1. The molecule has 0 saturated carbocycles. The molecule has 1 aromatic rings. The number of carbonyl (C=O) groups excluding carboxylic acids is 1. The number of nitrogens with zero attached hydrogens (tertiary/aromatic N) is 2. The second kappa shape index (κ2) is 5.97. The Morgan fingerprint density at radius 3 is 2.72 bits per heavy atom. The summed E-state index contributed by atoms with van der Waals surface area (Å²) in [5.41, 5.74) is 5.35. The van der Waals surface area contributed by atoms with Crippen molar-refractivity contribution in [3.8, 4) is 0 Å². The predicted octanol–water partition coefficient (Wildman–Crippen LogP) is 0.551. The molecule has 6 nitrogen and oxygen atoms in total. The third-order valence-electron chi connectivity index (χ3n) is 3.02. The fraction of sp³-hybridized carbons (Fsp3) is 0.545. The molecule has 4 N–H and O–H groups in total. The van der Waals surface area contributed by atoms with Crippen molar-refractivity contribution >= 4 is 24.1 Å². The van der Waals surface area contributed by atoms with Gasteiger partial charge in [-0.25, -0.2) is 4.98 Å². The van der Waals surface area contributed by atoms with Crippen LogP contribution in [-0.2, 0) is 0 Å². The molecule has 0 radical (unpaired) electrons. The van der Waals surface area contributed by atoms with Gasteiger partial charge in [-0.3, -0.25) is 9.78 Å². The number of primary amides is 1. The molecule has 1 saturated heterocycles. The zero-order valence-corrected chi connectivity index (χ0v) is 11.1. The van der Waals surface area contributed by atoms with E-state index in [0.717, 1.165) is 25.9 Å². The number of nitrogens with one attached hydrogen (secondary N) is 2. The minimum atomic E-state index is -0.559. The molecule has 1 aliphatic heterocycles. The average molecular weight is 272 g/mol. The molecule has 1 aliphatic rings. The van der Waals surface area contributed by atoms with Gasteiger partial charge in [-0.1, -0.05) is 0 Å². The zero-order chi connectivity index (χ0) is 12.3. The third-order valence-corrected chi connectivity index (χ3v) is 3.02. The van der Waals surface area contributed by atoms with E-state index in [1.54, 1.807) is 6.20 Å². The van der Waals surface area contributed by atoms with Crippen LogP contribution in [-0.4, -0.2) is 34.5 Å². The van der Waals surface area contributed by atoms with Crippen LogP contribution in [0.1, 0.15) is 30.3 Å². The summed E-state index contributed by atoms with van der Waals surface area (Å²) < 4.78 is 0. The molecule has 2 rings (SSSR count). The molecule has 0 aromatic carbocycles. The highest BCUT2D eigenvalue weighted by molar-refractivity contribution is 5.90. The number of amides is 1. The number of hydrogen-bond acceptors (Lipinski definition) is 5. The quantitative estimate of drug-likeness (QED) is 0.747. The van der Waals surface area contributed by atoms with Crippen LogP contribution >= 0.6 is 12.4 Å². The highest BCUT2D eigenvalue weighted by Crippen LogP contribution is 2.22. The molecule has 18 heavy (non-hydrogen) atoms. The van der Waals surface area contributed by atoms with E-state index in [9.17, 15) is 4.79 Å². The van der Waals surface area contributed by atoms with Crippen LogP contribution < -0.4 is 16.4 Å². The summed E-state index contributed by atoms with van der Waals surface area (Å²) >= 11 is 0. The molecule has 0 bridgehead atoms. The Bertz CT molecular complexity index is 420. The number of anilines is 1. The van der Waals surface area contributed by atoms with Crippen LogP contribution in [0, 0.1) is 0 Å². The van der Waals surface area contributed by atoms with Crippen LogP contribution in [0.5, 0.6) is 0 Å². The van der Waals surface area contributed by atoms with Gasteiger partial charge in [0.15, 0.2) is 0 Å². The van der Waals surface area contributed by atoms with Gasteiger partial charge in [-0.05, 0) is 32.9 Å². The Labute approximate surface area is 112 Å². The van der Waals surface area contributed by atoms with Gasteiger partial charge < -0.3 is 16.4 Å². The van der Waals surface area contributed by atoms with E-state index in [0.29, 0.717) is 5.82 Å². The predicted molar refractivity (Wildman–Crippen MR) is 71.9 cm³/mol. The maximum Gasteiger partial charge on any atom is 0.268 e. The van der Waals surface area contributed by atoms with Crippen molar-refractivity contribution in [3.05, 3.63) is 18.1 Å². The molecule has 100 valence electrons. The van der Waals surface area contributed by atoms with Gasteiger partial charge in [0.2, 0.25) is 0 Å². The average Bonchev–Trinajstić information content (AvgIpc) is 2.29. The second-order valence-electron chi connectivity index (χ2n) is 4.59. The highest BCUT2D eigenvalue weighted by Gasteiger charge is 2.26. The lowest BCUT2D eigenvalue weighted by Crippen LogP contribution is -2.45. The molecule has 2 heterocycles. The maximum absolute atomic E-state index is 11.0. The molecule has 1 amide bonds. The summed E-state index contributed by atoms with van der Waals surface area (Å²) in [5.74, 6) is 0.0438. The summed E-state index contributed by atoms with van der Waals surface area (Å²) in [6.45, 7) is 4.10. The molecule has 0 spiro atoms. The monoisotopic (exact) mass is 271 g/mol. The minimum absolute atomic E-state index is 0. The van der Waals surface area contributed by atoms with Crippen LogP contribution in [0.4, 0.5) is 5.82 Å². The van der Waals surface area contributed by atoms with E-state index in [-0.39, 0.29) is 23.6 Å². The zero-order valence-electron chi connectivity index (χ0n) is 10.3. The van der Waals surface area contributed by atoms with Crippen molar-refractivity contribution in [2.24, 2.45) is 5.73 Å². The van der Waals surface area contributed by atoms with Gasteiger partial charge in [-0.2, -0.15) is 0 Å². The maximum atomic E-state index is 11.0. The fourth-order valence-corrected chi connectivity index (χ4v) is 1.96. The summed E-state index contributed by atoms with van der Waals surface area (Å²) in [6.07, 6.45) is 5.00. The normalized spacial score (nSPS) is 17.6. The van der Waals surface area contributed by atoms with Crippen LogP contribution in [0.3, 0.4) is 0 Å². The lowest BCUT2D eigenvalue weighted by molar-refractivity contribution is 0.0995. The van der Waals surface area contributed by atoms with Crippen molar-refractivity contribution < 1.29 is 4.79 Å². The van der Waals surface area contributed by atoms with Gasteiger partial charge in [0, 0.05) is 5.54 Å². The SMILES string of the molecule is CC1(Nc2cncc(C(N)=O)n2)CCNCC1.Cl. The van der Waals surface area contributed by atoms with Crippen molar-refractivity contribution in [2.75, 3.05) is 18.4 Å². The van der Waals surface area contributed by atoms with E-state index < -0.39 is 5.91 Å². The third kappa shape index (κ3) is 3.54. The van der Waals surface area contributed by atoms with E-state index in [1.807, 2.05) is 0 Å². The Morgan fingerprint density at radius 1 is 1.44 bits per heavy atom. The Kier molecular flexibility index (Phi) is 4.86. The van der Waals surface area contributed by atoms with Crippen molar-refractivity contribution in [3.63, 3.8) is 0 Å². The molecule has 0 unspecified atom stereocenters. The largest absolute Gasteiger partial charge is 0.364 e. The Morgan fingerprint density at radius 2 is 2.11 bits per heavy atom. The minimum Gasteiger partial charge on any atom is -0.364 e. The number of nitrogens with two attached hydrogens (primary N) is 1. The first-order valence-electron chi connectivity index (χ1n) is 5.70. The van der Waals surface area contributed by atoms with E-state index >= 15 is 0 Å².